The van der Waals surface area contributed by atoms with Gasteiger partial charge in [-0.25, -0.2) is 0 Å². The third-order valence-electron chi connectivity index (χ3n) is 3.25. The molecule has 2 N–H and O–H groups in total. The molecule has 2 heterocycles. The molecule has 6 heteroatoms. The molecule has 20 heavy (non-hydrogen) atoms. The minimum Gasteiger partial charge on any atom is -0.383 e. The quantitative estimate of drug-likeness (QED) is 0.852. The van der Waals surface area contributed by atoms with E-state index in [2.05, 4.69) is 10.3 Å². The van der Waals surface area contributed by atoms with Gasteiger partial charge in [0.05, 0.1) is 18.4 Å². The van der Waals surface area contributed by atoms with Crippen LogP contribution in [0.15, 0.2) is 18.5 Å². The second-order valence-electron chi connectivity index (χ2n) is 5.07. The van der Waals surface area contributed by atoms with Gasteiger partial charge >= 0.3 is 0 Å². The van der Waals surface area contributed by atoms with Gasteiger partial charge in [-0.3, -0.25) is 14.6 Å². The molecule has 1 aromatic rings. The summed E-state index contributed by atoms with van der Waals surface area (Å²) >= 11 is 0. The van der Waals surface area contributed by atoms with Crippen molar-refractivity contribution in [2.75, 3.05) is 18.4 Å². The van der Waals surface area contributed by atoms with Crippen molar-refractivity contribution in [3.05, 3.63) is 24.0 Å². The predicted octanol–water partition coefficient (Wildman–Crippen LogP) is 0.702. The van der Waals surface area contributed by atoms with Gasteiger partial charge in [-0.2, -0.15) is 0 Å². The zero-order chi connectivity index (χ0) is 14.5. The molecule has 1 fully saturated rings. The lowest BCUT2D eigenvalue weighted by Crippen LogP contribution is -2.42. The SMILES string of the molecule is Cc1cncc(NC(=O)CN2CCCCC(O)C2=O)c1. The minimum absolute atomic E-state index is 0.0379. The van der Waals surface area contributed by atoms with E-state index < -0.39 is 6.10 Å². The van der Waals surface area contributed by atoms with E-state index in [1.807, 2.05) is 13.0 Å². The summed E-state index contributed by atoms with van der Waals surface area (Å²) in [5, 5.41) is 12.3. The summed E-state index contributed by atoms with van der Waals surface area (Å²) in [5.41, 5.74) is 1.56. The van der Waals surface area contributed by atoms with Gasteiger partial charge in [0, 0.05) is 12.7 Å². The van der Waals surface area contributed by atoms with E-state index in [9.17, 15) is 14.7 Å². The predicted molar refractivity (Wildman–Crippen MR) is 74.0 cm³/mol. The van der Waals surface area contributed by atoms with Crippen LogP contribution in [0.2, 0.25) is 0 Å². The molecule has 0 bridgehead atoms. The first-order chi connectivity index (χ1) is 9.56. The molecule has 0 spiro atoms. The number of nitrogens with zero attached hydrogens (tertiary/aromatic N) is 2. The Morgan fingerprint density at radius 3 is 3.05 bits per heavy atom. The van der Waals surface area contributed by atoms with E-state index in [1.165, 1.54) is 4.90 Å². The van der Waals surface area contributed by atoms with Crippen LogP contribution in [0.25, 0.3) is 0 Å². The second kappa shape index (κ2) is 6.47. The first kappa shape index (κ1) is 14.5. The zero-order valence-electron chi connectivity index (χ0n) is 11.5. The Balaban J connectivity index is 1.95. The van der Waals surface area contributed by atoms with Crippen LogP contribution in [0.1, 0.15) is 24.8 Å². The second-order valence-corrected chi connectivity index (χ2v) is 5.07. The van der Waals surface area contributed by atoms with Gasteiger partial charge in [-0.15, -0.1) is 0 Å². The number of carbonyl (C=O) groups excluding carboxylic acids is 2. The van der Waals surface area contributed by atoms with Crippen molar-refractivity contribution >= 4 is 17.5 Å². The van der Waals surface area contributed by atoms with Crippen molar-refractivity contribution in [1.29, 1.82) is 0 Å². The number of anilines is 1. The molecule has 108 valence electrons. The van der Waals surface area contributed by atoms with Gasteiger partial charge in [0.25, 0.3) is 5.91 Å². The van der Waals surface area contributed by atoms with Crippen LogP contribution in [0.4, 0.5) is 5.69 Å². The van der Waals surface area contributed by atoms with Crippen LogP contribution in [0.5, 0.6) is 0 Å². The number of rotatable bonds is 3. The Hall–Kier alpha value is -1.95. The first-order valence-corrected chi connectivity index (χ1v) is 6.74. The van der Waals surface area contributed by atoms with E-state index in [0.29, 0.717) is 18.7 Å². The van der Waals surface area contributed by atoms with Crippen LogP contribution >= 0.6 is 0 Å². The molecule has 0 saturated carbocycles. The van der Waals surface area contributed by atoms with E-state index in [4.69, 9.17) is 0 Å². The standard InChI is InChI=1S/C14H19N3O3/c1-10-6-11(8-15-7-10)16-13(19)9-17-5-3-2-4-12(18)14(17)20/h6-8,12,18H,2-5,9H2,1H3,(H,16,19). The van der Waals surface area contributed by atoms with Gasteiger partial charge in [-0.1, -0.05) is 0 Å². The molecule has 0 aromatic carbocycles. The monoisotopic (exact) mass is 277 g/mol. The van der Waals surface area contributed by atoms with Gasteiger partial charge in [0.2, 0.25) is 5.91 Å². The first-order valence-electron chi connectivity index (χ1n) is 6.74. The van der Waals surface area contributed by atoms with Crippen LogP contribution < -0.4 is 5.32 Å². The summed E-state index contributed by atoms with van der Waals surface area (Å²) in [6.45, 7) is 2.36. The normalized spacial score (nSPS) is 19.6. The van der Waals surface area contributed by atoms with Gasteiger partial charge in [-0.05, 0) is 37.8 Å². The third-order valence-corrected chi connectivity index (χ3v) is 3.25. The third kappa shape index (κ3) is 3.77. The van der Waals surface area contributed by atoms with Crippen LogP contribution in [-0.4, -0.2) is 46.0 Å². The zero-order valence-corrected chi connectivity index (χ0v) is 11.5. The number of pyridine rings is 1. The molecule has 1 aliphatic rings. The molecular weight excluding hydrogens is 258 g/mol. The Morgan fingerprint density at radius 1 is 1.50 bits per heavy atom. The number of likely N-dealkylation sites (tertiary alicyclic amines) is 1. The lowest BCUT2D eigenvalue weighted by Gasteiger charge is -2.21. The molecular formula is C14H19N3O3. The van der Waals surface area contributed by atoms with Gasteiger partial charge < -0.3 is 15.3 Å². The topological polar surface area (TPSA) is 82.5 Å². The smallest absolute Gasteiger partial charge is 0.251 e. The number of hydrogen-bond acceptors (Lipinski definition) is 4. The maximum absolute atomic E-state index is 11.9. The Kier molecular flexibility index (Phi) is 4.68. The molecule has 0 radical (unpaired) electrons. The van der Waals surface area contributed by atoms with Crippen LogP contribution in [-0.2, 0) is 9.59 Å². The summed E-state index contributed by atoms with van der Waals surface area (Å²) in [7, 11) is 0. The largest absolute Gasteiger partial charge is 0.383 e. The number of aliphatic hydroxyl groups excluding tert-OH is 1. The van der Waals surface area contributed by atoms with Crippen LogP contribution in [0, 0.1) is 6.92 Å². The van der Waals surface area contributed by atoms with Crippen molar-refractivity contribution in [1.82, 2.24) is 9.88 Å². The number of aryl methyl sites for hydroxylation is 1. The fraction of sp³-hybridized carbons (Fsp3) is 0.500. The number of amides is 2. The van der Waals surface area contributed by atoms with Crippen molar-refractivity contribution in [3.8, 4) is 0 Å². The summed E-state index contributed by atoms with van der Waals surface area (Å²) in [6.07, 6.45) is 4.35. The summed E-state index contributed by atoms with van der Waals surface area (Å²) in [6, 6.07) is 1.81. The average molecular weight is 277 g/mol. The lowest BCUT2D eigenvalue weighted by molar-refractivity contribution is -0.141. The van der Waals surface area contributed by atoms with Crippen molar-refractivity contribution in [3.63, 3.8) is 0 Å². The van der Waals surface area contributed by atoms with Crippen LogP contribution in [0.3, 0.4) is 0 Å². The summed E-state index contributed by atoms with van der Waals surface area (Å²) < 4.78 is 0. The highest BCUT2D eigenvalue weighted by molar-refractivity contribution is 5.95. The van der Waals surface area contributed by atoms with Gasteiger partial charge in [0.15, 0.2) is 0 Å². The van der Waals surface area contributed by atoms with E-state index in [1.54, 1.807) is 12.4 Å². The van der Waals surface area contributed by atoms with Crippen molar-refractivity contribution in [2.45, 2.75) is 32.3 Å². The summed E-state index contributed by atoms with van der Waals surface area (Å²) in [5.74, 6) is -0.639. The van der Waals surface area contributed by atoms with Gasteiger partial charge in [0.1, 0.15) is 6.10 Å². The minimum atomic E-state index is -0.981. The Morgan fingerprint density at radius 2 is 2.30 bits per heavy atom. The molecule has 0 aliphatic carbocycles. The highest BCUT2D eigenvalue weighted by Gasteiger charge is 2.26. The number of aliphatic hydroxyl groups is 1. The number of nitrogens with one attached hydrogen (secondary N) is 1. The average Bonchev–Trinajstić information content (AvgIpc) is 2.54. The highest BCUT2D eigenvalue weighted by Crippen LogP contribution is 2.12. The fourth-order valence-electron chi connectivity index (χ4n) is 2.24. The maximum Gasteiger partial charge on any atom is 0.251 e. The summed E-state index contributed by atoms with van der Waals surface area (Å²) in [4.78, 5) is 29.2. The fourth-order valence-corrected chi connectivity index (χ4v) is 2.24. The van der Waals surface area contributed by atoms with Crippen molar-refractivity contribution < 1.29 is 14.7 Å². The Bertz CT molecular complexity index is 504. The van der Waals surface area contributed by atoms with Crippen molar-refractivity contribution in [2.24, 2.45) is 0 Å². The molecule has 2 rings (SSSR count). The maximum atomic E-state index is 11.9. The highest BCUT2D eigenvalue weighted by atomic mass is 16.3. The number of carbonyl (C=O) groups is 2. The lowest BCUT2D eigenvalue weighted by atomic mass is 10.2. The molecule has 6 nitrogen and oxygen atoms in total. The molecule has 1 saturated heterocycles. The molecule has 1 unspecified atom stereocenters. The number of hydrogen-bond donors (Lipinski definition) is 2. The molecule has 2 amide bonds. The van der Waals surface area contributed by atoms with E-state index in [-0.39, 0.29) is 18.4 Å². The molecule has 1 aliphatic heterocycles. The van der Waals surface area contributed by atoms with E-state index >= 15 is 0 Å². The Labute approximate surface area is 117 Å². The molecule has 1 aromatic heterocycles. The number of aromatic nitrogens is 1. The van der Waals surface area contributed by atoms with E-state index in [0.717, 1.165) is 18.4 Å². The molecule has 1 atom stereocenters.